The average Bonchev–Trinajstić information content (AvgIpc) is 2.46. The fourth-order valence-corrected chi connectivity index (χ4v) is 2.63. The Morgan fingerprint density at radius 2 is 2.33 bits per heavy atom. The smallest absolute Gasteiger partial charge is 0.193 e. The lowest BCUT2D eigenvalue weighted by Gasteiger charge is -2.05. The topological polar surface area (TPSA) is 12.4 Å². The Hall–Kier alpha value is -0.280. The SMILES string of the molecule is CCC(C)Cc1sc(F)c(N=C=S)c1Cl. The van der Waals surface area contributed by atoms with E-state index in [1.165, 1.54) is 0 Å². The van der Waals surface area contributed by atoms with Gasteiger partial charge >= 0.3 is 0 Å². The molecule has 0 spiro atoms. The highest BCUT2D eigenvalue weighted by Gasteiger charge is 2.17. The molecule has 0 N–H and O–H groups in total. The number of nitrogens with zero attached hydrogens (tertiary/aromatic N) is 1. The van der Waals surface area contributed by atoms with Crippen molar-refractivity contribution in [3.8, 4) is 0 Å². The standard InChI is InChI=1S/C10H11ClFNS2/c1-3-6(2)4-7-8(11)9(13-5-14)10(12)15-7/h6H,3-4H2,1-2H3. The molecule has 0 aromatic carbocycles. The number of rotatable bonds is 4. The zero-order valence-corrected chi connectivity index (χ0v) is 10.9. The molecule has 82 valence electrons. The maximum atomic E-state index is 13.4. The Kier molecular flexibility index (Phi) is 4.87. The van der Waals surface area contributed by atoms with Crippen LogP contribution in [0.25, 0.3) is 0 Å². The van der Waals surface area contributed by atoms with E-state index < -0.39 is 0 Å². The molecule has 0 saturated carbocycles. The number of thiophene rings is 1. The van der Waals surface area contributed by atoms with E-state index in [-0.39, 0.29) is 10.8 Å². The predicted octanol–water partition coefficient (Wildman–Crippen LogP) is 4.86. The first-order chi connectivity index (χ1) is 7.10. The van der Waals surface area contributed by atoms with Crippen LogP contribution in [0.2, 0.25) is 5.02 Å². The second kappa shape index (κ2) is 5.71. The summed E-state index contributed by atoms with van der Waals surface area (Å²) in [5.74, 6) is 0.491. The lowest BCUT2D eigenvalue weighted by Crippen LogP contribution is -1.95. The summed E-state index contributed by atoms with van der Waals surface area (Å²) in [7, 11) is 0. The van der Waals surface area contributed by atoms with Gasteiger partial charge in [-0.25, -0.2) is 0 Å². The van der Waals surface area contributed by atoms with Gasteiger partial charge in [-0.15, -0.1) is 11.3 Å². The molecule has 0 saturated heterocycles. The van der Waals surface area contributed by atoms with Crippen molar-refractivity contribution in [3.05, 3.63) is 15.0 Å². The van der Waals surface area contributed by atoms with Crippen molar-refractivity contribution in [2.24, 2.45) is 10.9 Å². The molecule has 1 aromatic heterocycles. The number of thiocarbonyl (C=S) groups is 1. The number of aliphatic imine (C=N–C) groups is 1. The van der Waals surface area contributed by atoms with E-state index in [9.17, 15) is 4.39 Å². The first-order valence-corrected chi connectivity index (χ1v) is 6.24. The van der Waals surface area contributed by atoms with Crippen LogP contribution in [-0.2, 0) is 6.42 Å². The highest BCUT2D eigenvalue weighted by atomic mass is 35.5. The van der Waals surface area contributed by atoms with Crippen LogP contribution < -0.4 is 0 Å². The van der Waals surface area contributed by atoms with Crippen molar-refractivity contribution in [2.45, 2.75) is 26.7 Å². The summed E-state index contributed by atoms with van der Waals surface area (Å²) in [4.78, 5) is 4.47. The summed E-state index contributed by atoms with van der Waals surface area (Å²) in [6.45, 7) is 4.20. The van der Waals surface area contributed by atoms with Gasteiger partial charge in [-0.2, -0.15) is 9.38 Å². The van der Waals surface area contributed by atoms with Gasteiger partial charge in [0.2, 0.25) is 5.13 Å². The second-order valence-electron chi connectivity index (χ2n) is 3.38. The Bertz CT molecular complexity index is 396. The van der Waals surface area contributed by atoms with E-state index in [1.807, 2.05) is 0 Å². The zero-order chi connectivity index (χ0) is 11.4. The average molecular weight is 264 g/mol. The molecular weight excluding hydrogens is 253 g/mol. The van der Waals surface area contributed by atoms with Crippen molar-refractivity contribution < 1.29 is 4.39 Å². The third-order valence-electron chi connectivity index (χ3n) is 2.24. The van der Waals surface area contributed by atoms with Crippen LogP contribution in [-0.4, -0.2) is 5.16 Å². The van der Waals surface area contributed by atoms with Crippen molar-refractivity contribution in [1.82, 2.24) is 0 Å². The minimum absolute atomic E-state index is 0.134. The van der Waals surface area contributed by atoms with Crippen LogP contribution in [0.15, 0.2) is 4.99 Å². The quantitative estimate of drug-likeness (QED) is 0.558. The van der Waals surface area contributed by atoms with Crippen molar-refractivity contribution in [3.63, 3.8) is 0 Å². The van der Waals surface area contributed by atoms with Gasteiger partial charge in [0.05, 0.1) is 10.2 Å². The summed E-state index contributed by atoms with van der Waals surface area (Å²) < 4.78 is 13.4. The first-order valence-electron chi connectivity index (χ1n) is 4.64. The molecule has 1 atom stereocenters. The fraction of sp³-hybridized carbons (Fsp3) is 0.500. The summed E-state index contributed by atoms with van der Waals surface area (Å²) in [6.07, 6.45) is 1.82. The van der Waals surface area contributed by atoms with E-state index in [4.69, 9.17) is 11.6 Å². The summed E-state index contributed by atoms with van der Waals surface area (Å²) >= 11 is 11.5. The van der Waals surface area contributed by atoms with Gasteiger partial charge in [0.1, 0.15) is 5.69 Å². The van der Waals surface area contributed by atoms with Gasteiger partial charge in [0.25, 0.3) is 0 Å². The van der Waals surface area contributed by atoms with Crippen LogP contribution in [0.5, 0.6) is 0 Å². The largest absolute Gasteiger partial charge is 0.204 e. The fourth-order valence-electron chi connectivity index (χ4n) is 1.15. The van der Waals surface area contributed by atoms with Crippen molar-refractivity contribution in [2.75, 3.05) is 0 Å². The summed E-state index contributed by atoms with van der Waals surface area (Å²) in [6, 6.07) is 0. The van der Waals surface area contributed by atoms with Gasteiger partial charge < -0.3 is 0 Å². The summed E-state index contributed by atoms with van der Waals surface area (Å²) in [5, 5.41) is 2.14. The first kappa shape index (κ1) is 12.8. The molecule has 15 heavy (non-hydrogen) atoms. The van der Waals surface area contributed by atoms with E-state index in [2.05, 4.69) is 36.2 Å². The summed E-state index contributed by atoms with van der Waals surface area (Å²) in [5.41, 5.74) is 0.134. The van der Waals surface area contributed by atoms with Crippen LogP contribution in [0, 0.1) is 11.0 Å². The van der Waals surface area contributed by atoms with Crippen LogP contribution in [0.4, 0.5) is 10.1 Å². The Labute approximate surface area is 103 Å². The molecule has 1 heterocycles. The minimum atomic E-state index is -0.379. The molecule has 1 rings (SSSR count). The van der Waals surface area contributed by atoms with E-state index >= 15 is 0 Å². The number of halogens is 2. The molecule has 0 radical (unpaired) electrons. The van der Waals surface area contributed by atoms with Gasteiger partial charge in [-0.05, 0) is 24.6 Å². The highest BCUT2D eigenvalue weighted by molar-refractivity contribution is 7.78. The van der Waals surface area contributed by atoms with Crippen LogP contribution >= 0.6 is 35.2 Å². The number of isothiocyanates is 1. The normalized spacial score (nSPS) is 12.3. The Balaban J connectivity index is 3.01. The zero-order valence-electron chi connectivity index (χ0n) is 8.51. The van der Waals surface area contributed by atoms with Gasteiger partial charge in [0.15, 0.2) is 0 Å². The predicted molar refractivity (Wildman–Crippen MR) is 67.1 cm³/mol. The molecule has 1 nitrogen and oxygen atoms in total. The molecule has 1 aromatic rings. The van der Waals surface area contributed by atoms with Gasteiger partial charge in [-0.1, -0.05) is 31.9 Å². The van der Waals surface area contributed by atoms with Crippen molar-refractivity contribution in [1.29, 1.82) is 0 Å². The molecule has 0 amide bonds. The van der Waals surface area contributed by atoms with Crippen LogP contribution in [0.1, 0.15) is 25.1 Å². The maximum Gasteiger partial charge on any atom is 0.204 e. The van der Waals surface area contributed by atoms with E-state index in [1.54, 1.807) is 0 Å². The molecule has 5 heteroatoms. The van der Waals surface area contributed by atoms with Gasteiger partial charge in [-0.3, -0.25) is 0 Å². The Morgan fingerprint density at radius 1 is 1.67 bits per heavy atom. The molecule has 0 bridgehead atoms. The molecular formula is C10H11ClFNS2. The van der Waals surface area contributed by atoms with Crippen molar-refractivity contribution >= 4 is 46.0 Å². The molecule has 0 fully saturated rings. The van der Waals surface area contributed by atoms with E-state index in [0.717, 1.165) is 29.1 Å². The minimum Gasteiger partial charge on any atom is -0.193 e. The number of hydrogen-bond donors (Lipinski definition) is 0. The number of hydrogen-bond acceptors (Lipinski definition) is 3. The Morgan fingerprint density at radius 3 is 2.87 bits per heavy atom. The third-order valence-corrected chi connectivity index (χ3v) is 3.84. The monoisotopic (exact) mass is 263 g/mol. The molecule has 0 aliphatic carbocycles. The highest BCUT2D eigenvalue weighted by Crippen LogP contribution is 2.39. The third kappa shape index (κ3) is 3.08. The molecule has 0 aliphatic rings. The lowest BCUT2D eigenvalue weighted by molar-refractivity contribution is 0.565. The molecule has 1 unspecified atom stereocenters. The molecule has 0 aliphatic heterocycles. The van der Waals surface area contributed by atoms with E-state index in [0.29, 0.717) is 10.9 Å². The lowest BCUT2D eigenvalue weighted by atomic mass is 10.0. The second-order valence-corrected chi connectivity index (χ2v) is 5.00. The van der Waals surface area contributed by atoms with Crippen LogP contribution in [0.3, 0.4) is 0 Å². The maximum absolute atomic E-state index is 13.4. The van der Waals surface area contributed by atoms with Gasteiger partial charge in [0, 0.05) is 4.88 Å².